The van der Waals surface area contributed by atoms with E-state index in [1.165, 1.54) is 0 Å². The number of rotatable bonds is 1. The van der Waals surface area contributed by atoms with Gasteiger partial charge < -0.3 is 0 Å². The second kappa shape index (κ2) is 4.01. The molecule has 0 unspecified atom stereocenters. The molecule has 0 radical (unpaired) electrons. The quantitative estimate of drug-likeness (QED) is 0.557. The zero-order valence-electron chi connectivity index (χ0n) is 7.79. The summed E-state index contributed by atoms with van der Waals surface area (Å²) in [7, 11) is 0. The molecule has 0 aliphatic heterocycles. The van der Waals surface area contributed by atoms with Crippen LogP contribution in [0.2, 0.25) is 0 Å². The van der Waals surface area contributed by atoms with Crippen LogP contribution in [0.5, 0.6) is 0 Å². The van der Waals surface area contributed by atoms with Crippen LogP contribution in [-0.2, 0) is 6.18 Å². The zero-order chi connectivity index (χ0) is 13.4. The molecule has 0 saturated heterocycles. The summed E-state index contributed by atoms with van der Waals surface area (Å²) in [6, 6.07) is 0.362. The van der Waals surface area contributed by atoms with Crippen LogP contribution >= 0.6 is 0 Å². The van der Waals surface area contributed by atoms with Crippen molar-refractivity contribution in [2.45, 2.75) is 12.4 Å². The molecule has 8 heteroatoms. The molecule has 1 aromatic rings. The molecule has 0 spiro atoms. The van der Waals surface area contributed by atoms with Gasteiger partial charge in [-0.15, -0.1) is 0 Å². The average Bonchev–Trinajstić information content (AvgIpc) is 2.14. The predicted molar refractivity (Wildman–Crippen MR) is 41.8 cm³/mol. The highest BCUT2D eigenvalue weighted by atomic mass is 19.4. The van der Waals surface area contributed by atoms with Crippen LogP contribution in [-0.4, -0.2) is 12.0 Å². The summed E-state index contributed by atoms with van der Waals surface area (Å²) in [4.78, 5) is 10.7. The van der Waals surface area contributed by atoms with Crippen LogP contribution in [0.4, 0.5) is 30.7 Å². The molecule has 0 aliphatic rings. The van der Waals surface area contributed by atoms with Gasteiger partial charge in [0.05, 0.1) is 5.56 Å². The van der Waals surface area contributed by atoms with Crippen molar-refractivity contribution in [3.05, 3.63) is 35.1 Å². The highest BCUT2D eigenvalue weighted by Crippen LogP contribution is 2.35. The summed E-state index contributed by atoms with van der Waals surface area (Å²) >= 11 is 0. The van der Waals surface area contributed by atoms with Gasteiger partial charge in [-0.05, 0) is 18.2 Å². The standard InChI is InChI=1S/C9H3F7O/c10-4-1-2-5(7(17)9(14,15)16)6(3-4)8(11,12)13/h1-3H. The van der Waals surface area contributed by atoms with Gasteiger partial charge >= 0.3 is 12.4 Å². The van der Waals surface area contributed by atoms with Crippen LogP contribution in [0.3, 0.4) is 0 Å². The van der Waals surface area contributed by atoms with Crippen molar-refractivity contribution < 1.29 is 35.5 Å². The van der Waals surface area contributed by atoms with Gasteiger partial charge in [0.15, 0.2) is 0 Å². The van der Waals surface area contributed by atoms with E-state index in [1.807, 2.05) is 0 Å². The number of hydrogen-bond acceptors (Lipinski definition) is 1. The Hall–Kier alpha value is -1.60. The van der Waals surface area contributed by atoms with Crippen LogP contribution in [0.1, 0.15) is 15.9 Å². The third-order valence-electron chi connectivity index (χ3n) is 1.79. The van der Waals surface area contributed by atoms with Crippen molar-refractivity contribution in [1.29, 1.82) is 0 Å². The first-order valence-corrected chi connectivity index (χ1v) is 4.02. The van der Waals surface area contributed by atoms with E-state index in [0.717, 1.165) is 0 Å². The molecule has 0 aromatic heterocycles. The van der Waals surface area contributed by atoms with Crippen LogP contribution in [0, 0.1) is 5.82 Å². The molecule has 1 rings (SSSR count). The zero-order valence-corrected chi connectivity index (χ0v) is 7.79. The summed E-state index contributed by atoms with van der Waals surface area (Å²) in [6.07, 6.45) is -10.7. The Morgan fingerprint density at radius 2 is 1.53 bits per heavy atom. The number of alkyl halides is 6. The molecule has 94 valence electrons. The Labute approximate surface area is 89.8 Å². The minimum absolute atomic E-state index is 0.154. The highest BCUT2D eigenvalue weighted by Gasteiger charge is 2.44. The first-order chi connectivity index (χ1) is 7.53. The maximum atomic E-state index is 12.5. The molecular formula is C9H3F7O. The normalized spacial score (nSPS) is 12.6. The van der Waals surface area contributed by atoms with Crippen molar-refractivity contribution >= 4 is 5.78 Å². The summed E-state index contributed by atoms with van der Waals surface area (Å²) in [5.74, 6) is -4.04. The third kappa shape index (κ3) is 2.95. The molecule has 0 atom stereocenters. The average molecular weight is 260 g/mol. The number of Topliss-reactive ketones (excluding diaryl/α,β-unsaturated/α-hetero) is 1. The van der Waals surface area contributed by atoms with Crippen molar-refractivity contribution in [2.75, 3.05) is 0 Å². The van der Waals surface area contributed by atoms with Crippen LogP contribution in [0.15, 0.2) is 18.2 Å². The molecule has 0 heterocycles. The Balaban J connectivity index is 3.40. The summed E-state index contributed by atoms with van der Waals surface area (Å²) in [6.45, 7) is 0. The van der Waals surface area contributed by atoms with E-state index in [1.54, 1.807) is 0 Å². The van der Waals surface area contributed by atoms with E-state index in [2.05, 4.69) is 0 Å². The number of carbonyl (C=O) groups excluding carboxylic acids is 1. The Morgan fingerprint density at radius 1 is 1.00 bits per heavy atom. The largest absolute Gasteiger partial charge is 0.454 e. The molecule has 0 amide bonds. The minimum atomic E-state index is -5.45. The van der Waals surface area contributed by atoms with Crippen molar-refractivity contribution in [3.63, 3.8) is 0 Å². The molecule has 0 saturated carbocycles. The highest BCUT2D eigenvalue weighted by molar-refractivity contribution is 6.01. The fourth-order valence-electron chi connectivity index (χ4n) is 1.10. The van der Waals surface area contributed by atoms with E-state index < -0.39 is 35.1 Å². The lowest BCUT2D eigenvalue weighted by molar-refractivity contribution is -0.138. The van der Waals surface area contributed by atoms with Gasteiger partial charge in [-0.3, -0.25) is 4.79 Å². The van der Waals surface area contributed by atoms with E-state index in [0.29, 0.717) is 6.07 Å². The molecule has 0 N–H and O–H groups in total. The molecule has 0 bridgehead atoms. The Kier molecular flexibility index (Phi) is 3.17. The van der Waals surface area contributed by atoms with Crippen molar-refractivity contribution in [1.82, 2.24) is 0 Å². The van der Waals surface area contributed by atoms with Crippen LogP contribution < -0.4 is 0 Å². The molecule has 0 fully saturated rings. The number of halogens is 7. The number of benzene rings is 1. The van der Waals surface area contributed by atoms with E-state index in [4.69, 9.17) is 0 Å². The van der Waals surface area contributed by atoms with Gasteiger partial charge in [0.25, 0.3) is 5.78 Å². The second-order valence-corrected chi connectivity index (χ2v) is 3.01. The van der Waals surface area contributed by atoms with Crippen molar-refractivity contribution in [3.8, 4) is 0 Å². The van der Waals surface area contributed by atoms with E-state index in [-0.39, 0.29) is 12.1 Å². The topological polar surface area (TPSA) is 17.1 Å². The van der Waals surface area contributed by atoms with Gasteiger partial charge in [-0.25, -0.2) is 4.39 Å². The van der Waals surface area contributed by atoms with E-state index in [9.17, 15) is 35.5 Å². The lowest BCUT2D eigenvalue weighted by Gasteiger charge is -2.13. The van der Waals surface area contributed by atoms with Gasteiger partial charge in [-0.2, -0.15) is 26.3 Å². The fourth-order valence-corrected chi connectivity index (χ4v) is 1.10. The smallest absolute Gasteiger partial charge is 0.284 e. The van der Waals surface area contributed by atoms with Gasteiger partial charge in [0.1, 0.15) is 5.82 Å². The summed E-state index contributed by atoms with van der Waals surface area (Å²) in [5.41, 5.74) is -3.56. The lowest BCUT2D eigenvalue weighted by atomic mass is 10.0. The van der Waals surface area contributed by atoms with E-state index >= 15 is 0 Å². The Morgan fingerprint density at radius 3 is 1.94 bits per heavy atom. The molecule has 0 aliphatic carbocycles. The Bertz CT molecular complexity index is 444. The van der Waals surface area contributed by atoms with Crippen molar-refractivity contribution in [2.24, 2.45) is 0 Å². The molecular weight excluding hydrogens is 257 g/mol. The maximum absolute atomic E-state index is 12.5. The third-order valence-corrected chi connectivity index (χ3v) is 1.79. The molecule has 17 heavy (non-hydrogen) atoms. The first kappa shape index (κ1) is 13.5. The molecule has 1 aromatic carbocycles. The number of carbonyl (C=O) groups is 1. The lowest BCUT2D eigenvalue weighted by Crippen LogP contribution is -2.26. The van der Waals surface area contributed by atoms with Gasteiger partial charge in [0, 0.05) is 5.56 Å². The summed E-state index contributed by atoms with van der Waals surface area (Å²) < 4.78 is 85.4. The minimum Gasteiger partial charge on any atom is -0.284 e. The molecule has 1 nitrogen and oxygen atoms in total. The summed E-state index contributed by atoms with van der Waals surface area (Å²) in [5, 5.41) is 0. The fraction of sp³-hybridized carbons (Fsp3) is 0.222. The van der Waals surface area contributed by atoms with Gasteiger partial charge in [0.2, 0.25) is 0 Å². The van der Waals surface area contributed by atoms with Crippen LogP contribution in [0.25, 0.3) is 0 Å². The predicted octanol–water partition coefficient (Wildman–Crippen LogP) is 3.59. The maximum Gasteiger partial charge on any atom is 0.454 e. The number of hydrogen-bond donors (Lipinski definition) is 0. The number of ketones is 1. The van der Waals surface area contributed by atoms with Gasteiger partial charge in [-0.1, -0.05) is 0 Å². The monoisotopic (exact) mass is 260 g/mol. The first-order valence-electron chi connectivity index (χ1n) is 4.02. The SMILES string of the molecule is O=C(c1ccc(F)cc1C(F)(F)F)C(F)(F)F. The second-order valence-electron chi connectivity index (χ2n) is 3.01.